The quantitative estimate of drug-likeness (QED) is 0.662. The van der Waals surface area contributed by atoms with Crippen molar-refractivity contribution in [3.63, 3.8) is 0 Å². The van der Waals surface area contributed by atoms with Gasteiger partial charge in [-0.2, -0.15) is 0 Å². The zero-order chi connectivity index (χ0) is 12.8. The Bertz CT molecular complexity index is 385. The van der Waals surface area contributed by atoms with E-state index in [1.807, 2.05) is 17.0 Å². The Kier molecular flexibility index (Phi) is 4.78. The van der Waals surface area contributed by atoms with Gasteiger partial charge in [0.2, 0.25) is 5.91 Å². The van der Waals surface area contributed by atoms with Gasteiger partial charge < -0.3 is 19.9 Å². The second-order valence-corrected chi connectivity index (χ2v) is 4.69. The second-order valence-electron chi connectivity index (χ2n) is 4.69. The number of carbonyl (C=O) groups excluding carboxylic acids is 1. The first-order valence-corrected chi connectivity index (χ1v) is 6.41. The lowest BCUT2D eigenvalue weighted by Crippen LogP contribution is -2.30. The fourth-order valence-electron chi connectivity index (χ4n) is 1.76. The molecule has 1 aliphatic rings. The van der Waals surface area contributed by atoms with Gasteiger partial charge in [-0.3, -0.25) is 4.79 Å². The second kappa shape index (κ2) is 6.56. The van der Waals surface area contributed by atoms with Crippen molar-refractivity contribution in [2.75, 3.05) is 20.3 Å². The third-order valence-corrected chi connectivity index (χ3v) is 2.94. The van der Waals surface area contributed by atoms with Crippen LogP contribution in [-0.2, 0) is 22.6 Å². The number of amides is 1. The van der Waals surface area contributed by atoms with Crippen LogP contribution in [0.1, 0.15) is 18.4 Å². The van der Waals surface area contributed by atoms with E-state index < -0.39 is 0 Å². The van der Waals surface area contributed by atoms with Crippen molar-refractivity contribution in [3.8, 4) is 0 Å². The topological polar surface area (TPSA) is 55.3 Å². The third kappa shape index (κ3) is 4.50. The number of hydrogen-bond acceptors (Lipinski definition) is 3. The van der Waals surface area contributed by atoms with Crippen molar-refractivity contribution < 1.29 is 9.53 Å². The Balaban J connectivity index is 1.69. The van der Waals surface area contributed by atoms with E-state index in [-0.39, 0.29) is 5.91 Å². The lowest BCUT2D eigenvalue weighted by Gasteiger charge is -2.05. The first-order valence-electron chi connectivity index (χ1n) is 6.41. The van der Waals surface area contributed by atoms with E-state index in [2.05, 4.69) is 16.7 Å². The van der Waals surface area contributed by atoms with Crippen molar-refractivity contribution in [1.82, 2.24) is 15.2 Å². The predicted molar refractivity (Wildman–Crippen MR) is 69.2 cm³/mol. The molecule has 1 aromatic heterocycles. The monoisotopic (exact) mass is 251 g/mol. The van der Waals surface area contributed by atoms with Crippen molar-refractivity contribution in [3.05, 3.63) is 24.0 Å². The Morgan fingerprint density at radius 2 is 2.39 bits per heavy atom. The molecule has 0 saturated heterocycles. The number of nitrogens with zero attached hydrogens (tertiary/aromatic N) is 1. The number of hydrogen-bond donors (Lipinski definition) is 2. The van der Waals surface area contributed by atoms with Crippen LogP contribution in [0.3, 0.4) is 0 Å². The number of methoxy groups -OCH3 is 1. The van der Waals surface area contributed by atoms with E-state index in [0.717, 1.165) is 6.54 Å². The van der Waals surface area contributed by atoms with Crippen LogP contribution in [-0.4, -0.2) is 36.8 Å². The minimum atomic E-state index is 0.0179. The van der Waals surface area contributed by atoms with Gasteiger partial charge in [0, 0.05) is 38.6 Å². The third-order valence-electron chi connectivity index (χ3n) is 2.94. The van der Waals surface area contributed by atoms with Gasteiger partial charge in [0.05, 0.1) is 6.61 Å². The van der Waals surface area contributed by atoms with Gasteiger partial charge in [0.25, 0.3) is 0 Å². The van der Waals surface area contributed by atoms with Crippen LogP contribution < -0.4 is 10.6 Å². The molecule has 0 atom stereocenters. The maximum atomic E-state index is 11.6. The zero-order valence-electron chi connectivity index (χ0n) is 10.8. The maximum absolute atomic E-state index is 11.6. The van der Waals surface area contributed by atoms with Crippen molar-refractivity contribution in [1.29, 1.82) is 0 Å². The number of ether oxygens (including phenoxy) is 1. The van der Waals surface area contributed by atoms with Gasteiger partial charge in [0.1, 0.15) is 6.54 Å². The molecule has 0 bridgehead atoms. The Morgan fingerprint density at radius 3 is 3.11 bits per heavy atom. The van der Waals surface area contributed by atoms with Gasteiger partial charge in [-0.1, -0.05) is 0 Å². The van der Waals surface area contributed by atoms with Crippen LogP contribution >= 0.6 is 0 Å². The summed E-state index contributed by atoms with van der Waals surface area (Å²) in [4.78, 5) is 11.6. The molecule has 1 heterocycles. The van der Waals surface area contributed by atoms with E-state index in [1.54, 1.807) is 7.11 Å². The van der Waals surface area contributed by atoms with Gasteiger partial charge >= 0.3 is 0 Å². The molecule has 2 rings (SSSR count). The summed E-state index contributed by atoms with van der Waals surface area (Å²) < 4.78 is 6.79. The predicted octanol–water partition coefficient (Wildman–Crippen LogP) is 0.503. The zero-order valence-corrected chi connectivity index (χ0v) is 10.8. The molecule has 1 aromatic rings. The molecule has 1 aliphatic carbocycles. The van der Waals surface area contributed by atoms with E-state index in [0.29, 0.717) is 25.7 Å². The molecular weight excluding hydrogens is 230 g/mol. The first kappa shape index (κ1) is 13.1. The standard InChI is InChI=1S/C13H21N3O2/c1-18-7-5-14-13(17)10-16-6-4-11(9-16)8-15-12-2-3-12/h4,6,9,12,15H,2-3,5,7-8,10H2,1H3,(H,14,17). The SMILES string of the molecule is COCCNC(=O)Cn1ccc(CNC2CC2)c1. The molecule has 18 heavy (non-hydrogen) atoms. The summed E-state index contributed by atoms with van der Waals surface area (Å²) in [5.41, 5.74) is 1.23. The molecule has 0 spiro atoms. The summed E-state index contributed by atoms with van der Waals surface area (Å²) >= 11 is 0. The molecule has 0 radical (unpaired) electrons. The van der Waals surface area contributed by atoms with Crippen LogP contribution in [0.2, 0.25) is 0 Å². The highest BCUT2D eigenvalue weighted by Gasteiger charge is 2.19. The molecule has 5 nitrogen and oxygen atoms in total. The summed E-state index contributed by atoms with van der Waals surface area (Å²) in [6, 6.07) is 2.77. The van der Waals surface area contributed by atoms with E-state index >= 15 is 0 Å². The molecule has 100 valence electrons. The van der Waals surface area contributed by atoms with E-state index in [1.165, 1.54) is 18.4 Å². The molecule has 0 aromatic carbocycles. The lowest BCUT2D eigenvalue weighted by molar-refractivity contribution is -0.121. The fourth-order valence-corrected chi connectivity index (χ4v) is 1.76. The smallest absolute Gasteiger partial charge is 0.239 e. The minimum absolute atomic E-state index is 0.0179. The average Bonchev–Trinajstić information content (AvgIpc) is 3.08. The fraction of sp³-hybridized carbons (Fsp3) is 0.615. The van der Waals surface area contributed by atoms with Gasteiger partial charge in [-0.25, -0.2) is 0 Å². The largest absolute Gasteiger partial charge is 0.383 e. The molecule has 1 amide bonds. The highest BCUT2D eigenvalue weighted by Crippen LogP contribution is 2.19. The highest BCUT2D eigenvalue weighted by molar-refractivity contribution is 5.75. The van der Waals surface area contributed by atoms with Crippen molar-refractivity contribution >= 4 is 5.91 Å². The number of rotatable bonds is 8. The molecule has 0 unspecified atom stereocenters. The average molecular weight is 251 g/mol. The van der Waals surface area contributed by atoms with Crippen LogP contribution in [0, 0.1) is 0 Å². The van der Waals surface area contributed by atoms with Crippen molar-refractivity contribution in [2.45, 2.75) is 32.0 Å². The van der Waals surface area contributed by atoms with Gasteiger partial charge in [-0.05, 0) is 24.5 Å². The summed E-state index contributed by atoms with van der Waals surface area (Å²) in [5, 5.41) is 6.25. The molecular formula is C13H21N3O2. The van der Waals surface area contributed by atoms with Crippen LogP contribution in [0.25, 0.3) is 0 Å². The van der Waals surface area contributed by atoms with Gasteiger partial charge in [0.15, 0.2) is 0 Å². The van der Waals surface area contributed by atoms with Crippen LogP contribution in [0.4, 0.5) is 0 Å². The van der Waals surface area contributed by atoms with E-state index in [4.69, 9.17) is 4.74 Å². The number of aromatic nitrogens is 1. The molecule has 1 saturated carbocycles. The summed E-state index contributed by atoms with van der Waals surface area (Å²) in [5.74, 6) is 0.0179. The summed E-state index contributed by atoms with van der Waals surface area (Å²) in [6.45, 7) is 2.37. The van der Waals surface area contributed by atoms with Gasteiger partial charge in [-0.15, -0.1) is 0 Å². The Labute approximate surface area is 108 Å². The molecule has 1 fully saturated rings. The lowest BCUT2D eigenvalue weighted by atomic mass is 10.3. The molecule has 2 N–H and O–H groups in total. The number of nitrogens with one attached hydrogen (secondary N) is 2. The van der Waals surface area contributed by atoms with Crippen molar-refractivity contribution in [2.24, 2.45) is 0 Å². The summed E-state index contributed by atoms with van der Waals surface area (Å²) in [7, 11) is 1.62. The Morgan fingerprint density at radius 1 is 1.56 bits per heavy atom. The minimum Gasteiger partial charge on any atom is -0.383 e. The number of carbonyl (C=O) groups is 1. The van der Waals surface area contributed by atoms with E-state index in [9.17, 15) is 4.79 Å². The molecule has 0 aliphatic heterocycles. The Hall–Kier alpha value is -1.33. The first-order chi connectivity index (χ1) is 8.78. The maximum Gasteiger partial charge on any atom is 0.239 e. The normalized spacial score (nSPS) is 14.7. The highest BCUT2D eigenvalue weighted by atomic mass is 16.5. The van der Waals surface area contributed by atoms with Crippen LogP contribution in [0.15, 0.2) is 18.5 Å². The summed E-state index contributed by atoms with van der Waals surface area (Å²) in [6.07, 6.45) is 6.55. The molecule has 5 heteroatoms. The van der Waals surface area contributed by atoms with Crippen LogP contribution in [0.5, 0.6) is 0 Å².